The summed E-state index contributed by atoms with van der Waals surface area (Å²) in [6.45, 7) is 7.59. The van der Waals surface area contributed by atoms with Crippen molar-refractivity contribution in [1.29, 1.82) is 0 Å². The fourth-order valence-corrected chi connectivity index (χ4v) is 2.37. The van der Waals surface area contributed by atoms with E-state index in [2.05, 4.69) is 38.3 Å². The van der Waals surface area contributed by atoms with Crippen molar-refractivity contribution in [3.05, 3.63) is 38.7 Å². The Morgan fingerprint density at radius 1 is 1.35 bits per heavy atom. The molecule has 0 unspecified atom stereocenters. The van der Waals surface area contributed by atoms with Gasteiger partial charge in [0.1, 0.15) is 5.82 Å². The molecule has 2 aromatic rings. The average Bonchev–Trinajstić information content (AvgIpc) is 2.67. The second-order valence-corrected chi connectivity index (χ2v) is 5.89. The minimum absolute atomic E-state index is 0.568. The second-order valence-electron chi connectivity index (χ2n) is 4.69. The highest BCUT2D eigenvalue weighted by atomic mass is 79.9. The molecule has 0 atom stereocenters. The third kappa shape index (κ3) is 3.33. The molecule has 0 radical (unpaired) electrons. The molecule has 4 nitrogen and oxygen atoms in total. The molecule has 0 spiro atoms. The highest BCUT2D eigenvalue weighted by molar-refractivity contribution is 9.10. The van der Waals surface area contributed by atoms with Gasteiger partial charge in [0, 0.05) is 6.54 Å². The van der Waals surface area contributed by atoms with Gasteiger partial charge in [0.05, 0.1) is 33.1 Å². The molecule has 2 rings (SSSR count). The summed E-state index contributed by atoms with van der Waals surface area (Å²) < 4.78 is 2.95. The number of aromatic nitrogens is 3. The Morgan fingerprint density at radius 2 is 2.10 bits per heavy atom. The van der Waals surface area contributed by atoms with E-state index in [1.807, 2.05) is 30.7 Å². The van der Waals surface area contributed by atoms with Crippen LogP contribution in [-0.4, -0.2) is 21.3 Å². The Hall–Kier alpha value is -1.07. The predicted octanol–water partition coefficient (Wildman–Crippen LogP) is 4.18. The molecular weight excluding hydrogens is 340 g/mol. The smallest absolute Gasteiger partial charge is 0.126 e. The first kappa shape index (κ1) is 15.3. The highest BCUT2D eigenvalue weighted by Gasteiger charge is 2.11. The van der Waals surface area contributed by atoms with Crippen LogP contribution in [-0.2, 0) is 6.54 Å². The van der Waals surface area contributed by atoms with Crippen LogP contribution in [0.4, 0.5) is 5.82 Å². The Bertz CT molecular complexity index is 609. The molecule has 2 aromatic heterocycles. The van der Waals surface area contributed by atoms with Crippen LogP contribution in [0.1, 0.15) is 30.4 Å². The molecule has 0 saturated carbocycles. The first-order valence-electron chi connectivity index (χ1n) is 6.61. The summed E-state index contributed by atoms with van der Waals surface area (Å²) in [5.74, 6) is 0.854. The lowest BCUT2D eigenvalue weighted by atomic mass is 10.3. The van der Waals surface area contributed by atoms with Crippen molar-refractivity contribution in [1.82, 2.24) is 14.8 Å². The molecule has 0 aromatic carbocycles. The van der Waals surface area contributed by atoms with Gasteiger partial charge in [0.2, 0.25) is 0 Å². The van der Waals surface area contributed by atoms with Gasteiger partial charge in [-0.05, 0) is 48.3 Å². The van der Waals surface area contributed by atoms with Gasteiger partial charge in [-0.15, -0.1) is 0 Å². The number of pyridine rings is 1. The number of halogens is 2. The van der Waals surface area contributed by atoms with Crippen LogP contribution in [0.2, 0.25) is 5.02 Å². The van der Waals surface area contributed by atoms with Crippen LogP contribution in [0.25, 0.3) is 0 Å². The summed E-state index contributed by atoms with van der Waals surface area (Å²) in [5.41, 5.74) is 2.87. The Kier molecular flexibility index (Phi) is 5.05. The summed E-state index contributed by atoms with van der Waals surface area (Å²) in [6, 6.07) is 3.78. The molecule has 1 N–H and O–H groups in total. The molecule has 0 fully saturated rings. The predicted molar refractivity (Wildman–Crippen MR) is 86.5 cm³/mol. The molecule has 108 valence electrons. The molecule has 0 aliphatic heterocycles. The van der Waals surface area contributed by atoms with E-state index in [1.165, 1.54) is 0 Å². The van der Waals surface area contributed by atoms with Crippen molar-refractivity contribution in [2.45, 2.75) is 33.7 Å². The zero-order valence-corrected chi connectivity index (χ0v) is 14.2. The third-order valence-corrected chi connectivity index (χ3v) is 4.56. The normalized spacial score (nSPS) is 10.8. The van der Waals surface area contributed by atoms with E-state index in [9.17, 15) is 0 Å². The van der Waals surface area contributed by atoms with Crippen molar-refractivity contribution < 1.29 is 0 Å². The van der Waals surface area contributed by atoms with Gasteiger partial charge in [-0.25, -0.2) is 4.98 Å². The van der Waals surface area contributed by atoms with Crippen molar-refractivity contribution in [2.75, 3.05) is 11.9 Å². The second kappa shape index (κ2) is 6.59. The Morgan fingerprint density at radius 3 is 2.70 bits per heavy atom. The van der Waals surface area contributed by atoms with Crippen LogP contribution < -0.4 is 5.32 Å². The SMILES string of the molecule is CCCNc1ccc(Cl)c(Cn2nc(C)c(Br)c2C)n1. The Balaban J connectivity index is 2.25. The van der Waals surface area contributed by atoms with Gasteiger partial charge in [0.25, 0.3) is 0 Å². The van der Waals surface area contributed by atoms with Crippen molar-refractivity contribution in [3.63, 3.8) is 0 Å². The minimum Gasteiger partial charge on any atom is -0.370 e. The molecule has 0 amide bonds. The fraction of sp³-hybridized carbons (Fsp3) is 0.429. The summed E-state index contributed by atoms with van der Waals surface area (Å²) >= 11 is 9.77. The molecule has 0 aliphatic rings. The maximum atomic E-state index is 6.24. The summed E-state index contributed by atoms with van der Waals surface area (Å²) in [7, 11) is 0. The van der Waals surface area contributed by atoms with E-state index in [0.717, 1.165) is 40.3 Å². The molecule has 2 heterocycles. The quantitative estimate of drug-likeness (QED) is 0.873. The standard InChI is InChI=1S/C14H18BrClN4/c1-4-7-17-13-6-5-11(16)12(18-13)8-20-10(3)14(15)9(2)19-20/h5-6H,4,7-8H2,1-3H3,(H,17,18). The van der Waals surface area contributed by atoms with E-state index in [4.69, 9.17) is 11.6 Å². The average molecular weight is 358 g/mol. The highest BCUT2D eigenvalue weighted by Crippen LogP contribution is 2.23. The number of anilines is 1. The van der Waals surface area contributed by atoms with Crippen molar-refractivity contribution in [2.24, 2.45) is 0 Å². The van der Waals surface area contributed by atoms with Gasteiger partial charge in [-0.3, -0.25) is 4.68 Å². The van der Waals surface area contributed by atoms with E-state index in [-0.39, 0.29) is 0 Å². The lowest BCUT2D eigenvalue weighted by molar-refractivity contribution is 0.647. The molecule has 0 saturated heterocycles. The summed E-state index contributed by atoms with van der Waals surface area (Å²) in [4.78, 5) is 4.57. The zero-order chi connectivity index (χ0) is 14.7. The van der Waals surface area contributed by atoms with Gasteiger partial charge in [-0.2, -0.15) is 5.10 Å². The number of hydrogen-bond acceptors (Lipinski definition) is 3. The van der Waals surface area contributed by atoms with E-state index in [1.54, 1.807) is 0 Å². The van der Waals surface area contributed by atoms with Gasteiger partial charge in [0.15, 0.2) is 0 Å². The van der Waals surface area contributed by atoms with Crippen LogP contribution >= 0.6 is 27.5 Å². The van der Waals surface area contributed by atoms with Crippen LogP contribution in [0, 0.1) is 13.8 Å². The van der Waals surface area contributed by atoms with E-state index < -0.39 is 0 Å². The van der Waals surface area contributed by atoms with E-state index >= 15 is 0 Å². The first-order chi connectivity index (χ1) is 9.52. The molecule has 0 aliphatic carbocycles. The lowest BCUT2D eigenvalue weighted by Gasteiger charge is -2.09. The van der Waals surface area contributed by atoms with Crippen LogP contribution in [0.3, 0.4) is 0 Å². The third-order valence-electron chi connectivity index (χ3n) is 3.07. The number of rotatable bonds is 5. The van der Waals surface area contributed by atoms with Gasteiger partial charge in [-0.1, -0.05) is 18.5 Å². The van der Waals surface area contributed by atoms with Crippen molar-refractivity contribution >= 4 is 33.3 Å². The maximum Gasteiger partial charge on any atom is 0.126 e. The number of nitrogens with zero attached hydrogens (tertiary/aromatic N) is 3. The van der Waals surface area contributed by atoms with Crippen LogP contribution in [0.15, 0.2) is 16.6 Å². The number of hydrogen-bond donors (Lipinski definition) is 1. The Labute approximate surface area is 132 Å². The first-order valence-corrected chi connectivity index (χ1v) is 7.78. The topological polar surface area (TPSA) is 42.7 Å². The summed E-state index contributed by atoms with van der Waals surface area (Å²) in [5, 5.41) is 8.42. The van der Waals surface area contributed by atoms with Gasteiger partial charge < -0.3 is 5.32 Å². The lowest BCUT2D eigenvalue weighted by Crippen LogP contribution is -2.09. The zero-order valence-electron chi connectivity index (χ0n) is 11.9. The monoisotopic (exact) mass is 356 g/mol. The molecule has 20 heavy (non-hydrogen) atoms. The molecule has 0 bridgehead atoms. The fourth-order valence-electron chi connectivity index (χ4n) is 1.92. The van der Waals surface area contributed by atoms with Gasteiger partial charge >= 0.3 is 0 Å². The maximum absolute atomic E-state index is 6.24. The van der Waals surface area contributed by atoms with E-state index in [0.29, 0.717) is 11.6 Å². The number of aryl methyl sites for hydroxylation is 1. The van der Waals surface area contributed by atoms with Crippen LogP contribution in [0.5, 0.6) is 0 Å². The molecule has 6 heteroatoms. The van der Waals surface area contributed by atoms with Crippen molar-refractivity contribution in [3.8, 4) is 0 Å². The molecular formula is C14H18BrClN4. The largest absolute Gasteiger partial charge is 0.370 e. The number of nitrogens with one attached hydrogen (secondary N) is 1. The minimum atomic E-state index is 0.568. The summed E-state index contributed by atoms with van der Waals surface area (Å²) in [6.07, 6.45) is 1.06.